The molecule has 0 radical (unpaired) electrons. The highest BCUT2D eigenvalue weighted by Gasteiger charge is 2.22. The standard InChI is InChI=1S/C24H27Cl2N3O/c1-4-27-9-11-28(12-10-27)24(30)19-6-8-23-20(14-19)16(2)17(3)29(23)15-18-5-7-21(25)22(26)13-18/h5-8,13-14H,4,9-12,15H2,1-3H3. The van der Waals surface area contributed by atoms with E-state index in [1.807, 2.05) is 29.2 Å². The van der Waals surface area contributed by atoms with Crippen LogP contribution in [0.1, 0.15) is 34.1 Å². The summed E-state index contributed by atoms with van der Waals surface area (Å²) in [5, 5.41) is 2.26. The molecule has 1 aliphatic heterocycles. The lowest BCUT2D eigenvalue weighted by atomic mass is 10.1. The van der Waals surface area contributed by atoms with Gasteiger partial charge in [0, 0.05) is 54.9 Å². The van der Waals surface area contributed by atoms with E-state index < -0.39 is 0 Å². The van der Waals surface area contributed by atoms with E-state index in [-0.39, 0.29) is 5.91 Å². The van der Waals surface area contributed by atoms with Gasteiger partial charge in [0.25, 0.3) is 5.91 Å². The van der Waals surface area contributed by atoms with Crippen molar-refractivity contribution < 1.29 is 4.79 Å². The van der Waals surface area contributed by atoms with Crippen molar-refractivity contribution in [1.29, 1.82) is 0 Å². The molecule has 3 aromatic rings. The average Bonchev–Trinajstić information content (AvgIpc) is 3.00. The Kier molecular flexibility index (Phi) is 6.10. The van der Waals surface area contributed by atoms with E-state index in [1.54, 1.807) is 0 Å². The molecule has 1 aliphatic rings. The Labute approximate surface area is 188 Å². The molecule has 1 fully saturated rings. The summed E-state index contributed by atoms with van der Waals surface area (Å²) < 4.78 is 2.28. The molecule has 1 amide bonds. The third-order valence-corrected chi connectivity index (χ3v) is 7.06. The van der Waals surface area contributed by atoms with Gasteiger partial charge >= 0.3 is 0 Å². The van der Waals surface area contributed by atoms with Crippen molar-refractivity contribution in [3.63, 3.8) is 0 Å². The van der Waals surface area contributed by atoms with Gasteiger partial charge < -0.3 is 14.4 Å². The molecule has 0 N–H and O–H groups in total. The first-order valence-corrected chi connectivity index (χ1v) is 11.2. The Bertz CT molecular complexity index is 1100. The maximum absolute atomic E-state index is 13.1. The minimum absolute atomic E-state index is 0.127. The molecule has 2 heterocycles. The Morgan fingerprint density at radius 3 is 2.37 bits per heavy atom. The number of aryl methyl sites for hydroxylation is 1. The van der Waals surface area contributed by atoms with Crippen molar-refractivity contribution in [2.24, 2.45) is 0 Å². The van der Waals surface area contributed by atoms with Gasteiger partial charge in [-0.15, -0.1) is 0 Å². The van der Waals surface area contributed by atoms with Gasteiger partial charge in [-0.25, -0.2) is 0 Å². The van der Waals surface area contributed by atoms with E-state index in [1.165, 1.54) is 11.3 Å². The lowest BCUT2D eigenvalue weighted by Gasteiger charge is -2.34. The molecule has 0 bridgehead atoms. The molecule has 4 nitrogen and oxygen atoms in total. The third-order valence-electron chi connectivity index (χ3n) is 6.32. The molecule has 158 valence electrons. The number of hydrogen-bond donors (Lipinski definition) is 0. The predicted octanol–water partition coefficient (Wildman–Crippen LogP) is 5.39. The van der Waals surface area contributed by atoms with Crippen LogP contribution < -0.4 is 0 Å². The smallest absolute Gasteiger partial charge is 0.253 e. The van der Waals surface area contributed by atoms with Crippen LogP contribution in [0, 0.1) is 13.8 Å². The lowest BCUT2D eigenvalue weighted by molar-refractivity contribution is 0.0643. The average molecular weight is 444 g/mol. The summed E-state index contributed by atoms with van der Waals surface area (Å²) in [7, 11) is 0. The summed E-state index contributed by atoms with van der Waals surface area (Å²) in [6.45, 7) is 11.6. The number of benzene rings is 2. The number of piperazine rings is 1. The van der Waals surface area contributed by atoms with E-state index in [2.05, 4.69) is 42.4 Å². The summed E-state index contributed by atoms with van der Waals surface area (Å²) in [6.07, 6.45) is 0. The van der Waals surface area contributed by atoms with Crippen LogP contribution in [0.15, 0.2) is 36.4 Å². The molecule has 1 aromatic heterocycles. The second-order valence-corrected chi connectivity index (χ2v) is 8.82. The second kappa shape index (κ2) is 8.62. The van der Waals surface area contributed by atoms with E-state index in [0.717, 1.165) is 54.8 Å². The number of nitrogens with zero attached hydrogens (tertiary/aromatic N) is 3. The van der Waals surface area contributed by atoms with Crippen LogP contribution in [-0.2, 0) is 6.54 Å². The quantitative estimate of drug-likeness (QED) is 0.540. The van der Waals surface area contributed by atoms with Crippen molar-refractivity contribution >= 4 is 40.0 Å². The molecule has 0 aliphatic carbocycles. The van der Waals surface area contributed by atoms with Crippen molar-refractivity contribution in [1.82, 2.24) is 14.4 Å². The number of aromatic nitrogens is 1. The molecule has 2 aromatic carbocycles. The highest BCUT2D eigenvalue weighted by molar-refractivity contribution is 6.42. The minimum atomic E-state index is 0.127. The van der Waals surface area contributed by atoms with Crippen molar-refractivity contribution in [2.45, 2.75) is 27.3 Å². The summed E-state index contributed by atoms with van der Waals surface area (Å²) in [5.41, 5.74) is 5.39. The summed E-state index contributed by atoms with van der Waals surface area (Å²) in [5.74, 6) is 0.127. The number of halogens is 2. The highest BCUT2D eigenvalue weighted by atomic mass is 35.5. The predicted molar refractivity (Wildman–Crippen MR) is 125 cm³/mol. The van der Waals surface area contributed by atoms with Gasteiger partial charge in [0.15, 0.2) is 0 Å². The first-order valence-electron chi connectivity index (χ1n) is 10.4. The van der Waals surface area contributed by atoms with Crippen LogP contribution in [0.2, 0.25) is 10.0 Å². The maximum atomic E-state index is 13.1. The summed E-state index contributed by atoms with van der Waals surface area (Å²) >= 11 is 12.3. The van der Waals surface area contributed by atoms with Gasteiger partial charge in [-0.3, -0.25) is 4.79 Å². The van der Waals surface area contributed by atoms with Gasteiger partial charge in [0.05, 0.1) is 10.0 Å². The van der Waals surface area contributed by atoms with Crippen LogP contribution >= 0.6 is 23.2 Å². The summed E-state index contributed by atoms with van der Waals surface area (Å²) in [6, 6.07) is 11.8. The van der Waals surface area contributed by atoms with E-state index in [0.29, 0.717) is 16.6 Å². The first-order chi connectivity index (χ1) is 14.4. The molecule has 0 saturated carbocycles. The molecule has 0 spiro atoms. The van der Waals surface area contributed by atoms with Crippen LogP contribution in [0.3, 0.4) is 0 Å². The Morgan fingerprint density at radius 1 is 0.967 bits per heavy atom. The fraction of sp³-hybridized carbons (Fsp3) is 0.375. The SMILES string of the molecule is CCN1CCN(C(=O)c2ccc3c(c2)c(C)c(C)n3Cc2ccc(Cl)c(Cl)c2)CC1. The molecular formula is C24H27Cl2N3O. The second-order valence-electron chi connectivity index (χ2n) is 8.00. The number of likely N-dealkylation sites (N-methyl/N-ethyl adjacent to an activating group) is 1. The van der Waals surface area contributed by atoms with Crippen LogP contribution in [0.25, 0.3) is 10.9 Å². The molecular weight excluding hydrogens is 417 g/mol. The van der Waals surface area contributed by atoms with Crippen molar-refractivity contribution in [2.75, 3.05) is 32.7 Å². The first kappa shape index (κ1) is 21.2. The molecule has 6 heteroatoms. The van der Waals surface area contributed by atoms with Crippen LogP contribution in [0.4, 0.5) is 0 Å². The largest absolute Gasteiger partial charge is 0.340 e. The van der Waals surface area contributed by atoms with Crippen molar-refractivity contribution in [3.05, 3.63) is 68.8 Å². The Hall–Kier alpha value is -2.01. The Morgan fingerprint density at radius 2 is 1.70 bits per heavy atom. The van der Waals surface area contributed by atoms with Crippen molar-refractivity contribution in [3.8, 4) is 0 Å². The molecule has 0 atom stereocenters. The van der Waals surface area contributed by atoms with E-state index in [9.17, 15) is 4.79 Å². The monoisotopic (exact) mass is 443 g/mol. The van der Waals surface area contributed by atoms with Gasteiger partial charge in [-0.2, -0.15) is 0 Å². The topological polar surface area (TPSA) is 28.5 Å². The van der Waals surface area contributed by atoms with Gasteiger partial charge in [0.2, 0.25) is 0 Å². The fourth-order valence-electron chi connectivity index (χ4n) is 4.26. The van der Waals surface area contributed by atoms with Gasteiger partial charge in [-0.1, -0.05) is 36.2 Å². The zero-order valence-electron chi connectivity index (χ0n) is 17.7. The third kappa shape index (κ3) is 3.96. The normalized spacial score (nSPS) is 15.2. The fourth-order valence-corrected chi connectivity index (χ4v) is 4.58. The zero-order valence-corrected chi connectivity index (χ0v) is 19.2. The molecule has 0 unspecified atom stereocenters. The number of hydrogen-bond acceptors (Lipinski definition) is 2. The number of amides is 1. The molecule has 1 saturated heterocycles. The van der Waals surface area contributed by atoms with Gasteiger partial charge in [-0.05, 0) is 61.9 Å². The zero-order chi connectivity index (χ0) is 21.4. The van der Waals surface area contributed by atoms with Crippen LogP contribution in [0.5, 0.6) is 0 Å². The molecule has 30 heavy (non-hydrogen) atoms. The Balaban J connectivity index is 1.63. The number of carbonyl (C=O) groups excluding carboxylic acids is 1. The number of rotatable bonds is 4. The highest BCUT2D eigenvalue weighted by Crippen LogP contribution is 2.29. The number of fused-ring (bicyclic) bond motifs is 1. The van der Waals surface area contributed by atoms with Gasteiger partial charge in [0.1, 0.15) is 0 Å². The summed E-state index contributed by atoms with van der Waals surface area (Å²) in [4.78, 5) is 17.4. The number of carbonyl (C=O) groups is 1. The van der Waals surface area contributed by atoms with Crippen LogP contribution in [-0.4, -0.2) is 53.0 Å². The maximum Gasteiger partial charge on any atom is 0.253 e. The molecule has 4 rings (SSSR count). The van der Waals surface area contributed by atoms with E-state index in [4.69, 9.17) is 23.2 Å². The lowest BCUT2D eigenvalue weighted by Crippen LogP contribution is -2.48. The van der Waals surface area contributed by atoms with E-state index >= 15 is 0 Å². The minimum Gasteiger partial charge on any atom is -0.340 e.